The lowest BCUT2D eigenvalue weighted by Gasteiger charge is -2.25. The first kappa shape index (κ1) is 22.7. The highest BCUT2D eigenvalue weighted by Crippen LogP contribution is 2.38. The predicted octanol–water partition coefficient (Wildman–Crippen LogP) is 5.15. The molecular formula is C27H22ClN3O4. The SMILES string of the molecule is COc1cc([C@@H]2CC(=O)Nc3nc(-c4ccccc4)[nH]c(=O)c32)ccc1OCc1ccccc1Cl. The molecule has 0 saturated carbocycles. The van der Waals surface area contributed by atoms with Crippen molar-refractivity contribution in [2.24, 2.45) is 0 Å². The Morgan fingerprint density at radius 1 is 1.00 bits per heavy atom. The Labute approximate surface area is 206 Å². The van der Waals surface area contributed by atoms with Crippen molar-refractivity contribution in [3.8, 4) is 22.9 Å². The first-order valence-corrected chi connectivity index (χ1v) is 11.4. The molecule has 1 aliphatic heterocycles. The van der Waals surface area contributed by atoms with Gasteiger partial charge in [0.25, 0.3) is 5.56 Å². The van der Waals surface area contributed by atoms with E-state index in [0.29, 0.717) is 27.9 Å². The molecule has 0 bridgehead atoms. The number of rotatable bonds is 6. The number of hydrogen-bond acceptors (Lipinski definition) is 5. The summed E-state index contributed by atoms with van der Waals surface area (Å²) >= 11 is 6.23. The highest BCUT2D eigenvalue weighted by Gasteiger charge is 2.31. The minimum Gasteiger partial charge on any atom is -0.493 e. The molecule has 0 fully saturated rings. The van der Waals surface area contributed by atoms with E-state index in [1.165, 1.54) is 0 Å². The van der Waals surface area contributed by atoms with Gasteiger partial charge in [-0.05, 0) is 23.8 Å². The molecule has 7 nitrogen and oxygen atoms in total. The van der Waals surface area contributed by atoms with Crippen molar-refractivity contribution in [1.82, 2.24) is 9.97 Å². The normalized spacial score (nSPS) is 14.7. The van der Waals surface area contributed by atoms with Gasteiger partial charge in [-0.2, -0.15) is 0 Å². The van der Waals surface area contributed by atoms with Gasteiger partial charge in [0, 0.05) is 28.5 Å². The molecule has 0 aliphatic carbocycles. The smallest absolute Gasteiger partial charge is 0.257 e. The van der Waals surface area contributed by atoms with Gasteiger partial charge in [0.2, 0.25) is 5.91 Å². The average molecular weight is 488 g/mol. The van der Waals surface area contributed by atoms with Crippen LogP contribution >= 0.6 is 11.6 Å². The molecule has 2 heterocycles. The monoisotopic (exact) mass is 487 g/mol. The van der Waals surface area contributed by atoms with Crippen molar-refractivity contribution in [2.75, 3.05) is 12.4 Å². The van der Waals surface area contributed by atoms with Crippen LogP contribution in [-0.2, 0) is 11.4 Å². The van der Waals surface area contributed by atoms with E-state index in [9.17, 15) is 9.59 Å². The molecule has 0 unspecified atom stereocenters. The topological polar surface area (TPSA) is 93.3 Å². The van der Waals surface area contributed by atoms with E-state index in [4.69, 9.17) is 21.1 Å². The maximum Gasteiger partial charge on any atom is 0.257 e. The summed E-state index contributed by atoms with van der Waals surface area (Å²) < 4.78 is 11.5. The summed E-state index contributed by atoms with van der Waals surface area (Å²) in [5.74, 6) is 1.00. The van der Waals surface area contributed by atoms with Crippen molar-refractivity contribution < 1.29 is 14.3 Å². The lowest BCUT2D eigenvalue weighted by molar-refractivity contribution is -0.116. The van der Waals surface area contributed by atoms with Crippen molar-refractivity contribution in [1.29, 1.82) is 0 Å². The molecule has 3 aromatic carbocycles. The van der Waals surface area contributed by atoms with Gasteiger partial charge in [-0.15, -0.1) is 0 Å². The van der Waals surface area contributed by atoms with Crippen molar-refractivity contribution in [3.63, 3.8) is 0 Å². The Morgan fingerprint density at radius 3 is 2.54 bits per heavy atom. The number of H-pyrrole nitrogens is 1. The van der Waals surface area contributed by atoms with Crippen molar-refractivity contribution in [3.05, 3.63) is 105 Å². The number of benzene rings is 3. The van der Waals surface area contributed by atoms with Crippen LogP contribution in [0.2, 0.25) is 5.02 Å². The van der Waals surface area contributed by atoms with E-state index in [-0.39, 0.29) is 30.3 Å². The van der Waals surface area contributed by atoms with E-state index < -0.39 is 5.92 Å². The number of halogens is 1. The van der Waals surface area contributed by atoms with Crippen LogP contribution in [0, 0.1) is 0 Å². The minimum absolute atomic E-state index is 0.116. The number of carbonyl (C=O) groups excluding carboxylic acids is 1. The second-order valence-electron chi connectivity index (χ2n) is 8.14. The van der Waals surface area contributed by atoms with E-state index in [2.05, 4.69) is 15.3 Å². The number of anilines is 1. The molecule has 35 heavy (non-hydrogen) atoms. The predicted molar refractivity (Wildman–Crippen MR) is 134 cm³/mol. The second kappa shape index (κ2) is 9.64. The Morgan fingerprint density at radius 2 is 1.77 bits per heavy atom. The zero-order valence-electron chi connectivity index (χ0n) is 18.9. The number of ether oxygens (including phenoxy) is 2. The number of hydrogen-bond donors (Lipinski definition) is 2. The fraction of sp³-hybridized carbons (Fsp3) is 0.148. The first-order chi connectivity index (χ1) is 17.0. The number of amides is 1. The molecule has 176 valence electrons. The van der Waals surface area contributed by atoms with Crippen LogP contribution in [0.1, 0.15) is 29.0 Å². The molecule has 0 spiro atoms. The average Bonchev–Trinajstić information content (AvgIpc) is 2.88. The molecule has 1 amide bonds. The molecule has 2 N–H and O–H groups in total. The number of aromatic nitrogens is 2. The Kier molecular flexibility index (Phi) is 6.25. The van der Waals surface area contributed by atoms with Crippen molar-refractivity contribution >= 4 is 23.3 Å². The zero-order chi connectivity index (χ0) is 24.4. The van der Waals surface area contributed by atoms with Crippen LogP contribution in [0.15, 0.2) is 77.6 Å². The van der Waals surface area contributed by atoms with Gasteiger partial charge in [-0.1, -0.05) is 66.2 Å². The number of carbonyl (C=O) groups is 1. The number of methoxy groups -OCH3 is 1. The highest BCUT2D eigenvalue weighted by atomic mass is 35.5. The number of fused-ring (bicyclic) bond motifs is 1. The Hall–Kier alpha value is -4.10. The molecular weight excluding hydrogens is 466 g/mol. The van der Waals surface area contributed by atoms with Gasteiger partial charge >= 0.3 is 0 Å². The van der Waals surface area contributed by atoms with Crippen molar-refractivity contribution in [2.45, 2.75) is 18.9 Å². The largest absolute Gasteiger partial charge is 0.493 e. The van der Waals surface area contributed by atoms with Gasteiger partial charge in [0.15, 0.2) is 11.5 Å². The maximum absolute atomic E-state index is 13.1. The first-order valence-electron chi connectivity index (χ1n) is 11.1. The Balaban J connectivity index is 1.48. The van der Waals surface area contributed by atoms with Crippen LogP contribution in [0.5, 0.6) is 11.5 Å². The lowest BCUT2D eigenvalue weighted by atomic mass is 9.86. The minimum atomic E-state index is -0.480. The summed E-state index contributed by atoms with van der Waals surface area (Å²) in [4.78, 5) is 33.1. The quantitative estimate of drug-likeness (QED) is 0.392. The summed E-state index contributed by atoms with van der Waals surface area (Å²) in [7, 11) is 1.55. The molecule has 5 rings (SSSR count). The van der Waals surface area contributed by atoms with E-state index >= 15 is 0 Å². The summed E-state index contributed by atoms with van der Waals surface area (Å²) in [6, 6.07) is 22.1. The molecule has 1 atom stereocenters. The third-order valence-corrected chi connectivity index (χ3v) is 6.30. The summed E-state index contributed by atoms with van der Waals surface area (Å²) in [5, 5.41) is 3.38. The van der Waals surface area contributed by atoms with Gasteiger partial charge in [0.05, 0.1) is 12.7 Å². The highest BCUT2D eigenvalue weighted by molar-refractivity contribution is 6.31. The molecule has 0 saturated heterocycles. The summed E-state index contributed by atoms with van der Waals surface area (Å²) in [5.41, 5.74) is 2.48. The second-order valence-corrected chi connectivity index (χ2v) is 8.55. The fourth-order valence-corrected chi connectivity index (χ4v) is 4.37. The third-order valence-electron chi connectivity index (χ3n) is 5.93. The third kappa shape index (κ3) is 4.63. The van der Waals surface area contributed by atoms with Gasteiger partial charge in [0.1, 0.15) is 18.2 Å². The van der Waals surface area contributed by atoms with Crippen LogP contribution < -0.4 is 20.3 Å². The molecule has 4 aromatic rings. The van der Waals surface area contributed by atoms with Crippen LogP contribution in [0.4, 0.5) is 5.82 Å². The number of aromatic amines is 1. The van der Waals surface area contributed by atoms with Gasteiger partial charge < -0.3 is 19.8 Å². The molecule has 8 heteroatoms. The van der Waals surface area contributed by atoms with E-state index in [1.807, 2.05) is 54.6 Å². The number of nitrogens with one attached hydrogen (secondary N) is 2. The molecule has 1 aliphatic rings. The van der Waals surface area contributed by atoms with E-state index in [1.54, 1.807) is 25.3 Å². The van der Waals surface area contributed by atoms with Crippen LogP contribution in [0.25, 0.3) is 11.4 Å². The Bertz CT molecular complexity index is 1450. The molecule has 0 radical (unpaired) electrons. The zero-order valence-corrected chi connectivity index (χ0v) is 19.6. The molecule has 1 aromatic heterocycles. The fourth-order valence-electron chi connectivity index (χ4n) is 4.18. The van der Waals surface area contributed by atoms with Crippen LogP contribution in [-0.4, -0.2) is 23.0 Å². The standard InChI is InChI=1S/C27H22ClN3O4/c1-34-22-13-17(11-12-21(22)35-15-18-9-5-6-10-20(18)28)19-14-23(32)29-26-24(19)27(33)31-25(30-26)16-7-3-2-4-8-16/h2-13,19H,14-15H2,1H3,(H2,29,30,31,32,33)/t19-/m0/s1. The van der Waals surface area contributed by atoms with E-state index in [0.717, 1.165) is 16.7 Å². The van der Waals surface area contributed by atoms with Gasteiger partial charge in [-0.25, -0.2) is 4.98 Å². The van der Waals surface area contributed by atoms with Crippen LogP contribution in [0.3, 0.4) is 0 Å². The number of nitrogens with zero attached hydrogens (tertiary/aromatic N) is 1. The maximum atomic E-state index is 13.1. The summed E-state index contributed by atoms with van der Waals surface area (Å²) in [6.07, 6.45) is 0.116. The summed E-state index contributed by atoms with van der Waals surface area (Å²) in [6.45, 7) is 0.274. The van der Waals surface area contributed by atoms with Gasteiger partial charge in [-0.3, -0.25) is 9.59 Å². The lowest BCUT2D eigenvalue weighted by Crippen LogP contribution is -2.31.